The van der Waals surface area contributed by atoms with Gasteiger partial charge in [0.05, 0.1) is 17.4 Å². The second-order valence-corrected chi connectivity index (χ2v) is 9.40. The molecule has 0 atom stereocenters. The number of benzene rings is 3. The largest absolute Gasteiger partial charge is 0.508 e. The third-order valence-corrected chi connectivity index (χ3v) is 6.24. The Morgan fingerprint density at radius 3 is 2.31 bits per heavy atom. The molecule has 4 rings (SSSR count). The minimum atomic E-state index is -0.563. The van der Waals surface area contributed by atoms with Gasteiger partial charge in [-0.15, -0.1) is 0 Å². The number of phenols is 1. The van der Waals surface area contributed by atoms with Gasteiger partial charge in [-0.25, -0.2) is 9.69 Å². The molecule has 1 aliphatic rings. The van der Waals surface area contributed by atoms with Gasteiger partial charge in [-0.2, -0.15) is 0 Å². The molecule has 1 heterocycles. The summed E-state index contributed by atoms with van der Waals surface area (Å²) in [5, 5.41) is 13.3. The van der Waals surface area contributed by atoms with Crippen LogP contribution in [0.15, 0.2) is 88.3 Å². The second kappa shape index (κ2) is 10.2. The molecule has 7 nitrogen and oxygen atoms in total. The lowest BCUT2D eigenvalue weighted by atomic mass is 10.2. The predicted molar refractivity (Wildman–Crippen MR) is 136 cm³/mol. The first-order chi connectivity index (χ1) is 16.7. The van der Waals surface area contributed by atoms with E-state index in [0.717, 1.165) is 21.6 Å². The maximum Gasteiger partial charge on any atom is 0.338 e. The fraction of sp³-hybridized carbons (Fsp3) is 0.115. The minimum Gasteiger partial charge on any atom is -0.508 e. The number of hydrogen-bond acceptors (Lipinski definition) is 7. The number of phenolic OH excluding ortho intramolecular Hbond substituents is 1. The third-order valence-electron chi connectivity index (χ3n) is 4.89. The zero-order valence-corrected chi connectivity index (χ0v) is 20.4. The normalized spacial score (nSPS) is 13.5. The molecule has 0 unspecified atom stereocenters. The van der Waals surface area contributed by atoms with Crippen LogP contribution in [0.5, 0.6) is 5.75 Å². The summed E-state index contributed by atoms with van der Waals surface area (Å²) in [5.41, 5.74) is 1.14. The highest BCUT2D eigenvalue weighted by molar-refractivity contribution is 8.04. The van der Waals surface area contributed by atoms with E-state index < -0.39 is 17.8 Å². The van der Waals surface area contributed by atoms with E-state index in [1.54, 1.807) is 50.2 Å². The van der Waals surface area contributed by atoms with Crippen molar-refractivity contribution in [3.05, 3.63) is 94.0 Å². The first-order valence-corrected chi connectivity index (χ1v) is 11.9. The van der Waals surface area contributed by atoms with E-state index in [1.807, 2.05) is 0 Å². The van der Waals surface area contributed by atoms with Gasteiger partial charge in [0.25, 0.3) is 11.8 Å². The summed E-state index contributed by atoms with van der Waals surface area (Å²) in [6.45, 7) is 3.50. The smallest absolute Gasteiger partial charge is 0.338 e. The van der Waals surface area contributed by atoms with Crippen LogP contribution in [0.4, 0.5) is 11.4 Å². The van der Waals surface area contributed by atoms with E-state index in [9.17, 15) is 19.5 Å². The van der Waals surface area contributed by atoms with Gasteiger partial charge in [0.1, 0.15) is 16.4 Å². The molecule has 0 saturated heterocycles. The Hall–Kier alpha value is -3.75. The van der Waals surface area contributed by atoms with E-state index in [2.05, 4.69) is 5.32 Å². The Bertz CT molecular complexity index is 1320. The molecule has 0 bridgehead atoms. The first kappa shape index (κ1) is 24.4. The van der Waals surface area contributed by atoms with Crippen molar-refractivity contribution in [1.82, 2.24) is 0 Å². The number of carbonyl (C=O) groups excluding carboxylic acids is 3. The van der Waals surface area contributed by atoms with Crippen LogP contribution < -0.4 is 10.2 Å². The summed E-state index contributed by atoms with van der Waals surface area (Å²) in [4.78, 5) is 41.0. The fourth-order valence-electron chi connectivity index (χ4n) is 3.33. The number of esters is 1. The number of anilines is 2. The van der Waals surface area contributed by atoms with Crippen LogP contribution in [0.1, 0.15) is 24.2 Å². The number of halogens is 1. The highest BCUT2D eigenvalue weighted by Crippen LogP contribution is 2.38. The maximum absolute atomic E-state index is 13.4. The van der Waals surface area contributed by atoms with Crippen LogP contribution in [-0.4, -0.2) is 29.0 Å². The molecule has 0 aliphatic carbocycles. The Morgan fingerprint density at radius 1 is 1.00 bits per heavy atom. The maximum atomic E-state index is 13.4. The minimum absolute atomic E-state index is 0.0139. The number of nitrogens with zero attached hydrogens (tertiary/aromatic N) is 1. The summed E-state index contributed by atoms with van der Waals surface area (Å²) >= 11 is 7.10. The number of hydrogen-bond donors (Lipinski definition) is 2. The zero-order valence-electron chi connectivity index (χ0n) is 18.8. The molecule has 3 aromatic carbocycles. The molecule has 3 aromatic rings. The number of aromatic hydroxyl groups is 1. The molecular formula is C26H21ClN2O5S. The zero-order chi connectivity index (χ0) is 25.1. The van der Waals surface area contributed by atoms with Crippen molar-refractivity contribution in [2.24, 2.45) is 0 Å². The van der Waals surface area contributed by atoms with E-state index in [0.29, 0.717) is 22.0 Å². The highest BCUT2D eigenvalue weighted by Gasteiger charge is 2.40. The van der Waals surface area contributed by atoms with Crippen molar-refractivity contribution in [3.63, 3.8) is 0 Å². The van der Waals surface area contributed by atoms with Crippen molar-refractivity contribution >= 4 is 52.5 Å². The van der Waals surface area contributed by atoms with E-state index >= 15 is 0 Å². The van der Waals surface area contributed by atoms with Crippen molar-refractivity contribution in [1.29, 1.82) is 0 Å². The van der Waals surface area contributed by atoms with Crippen molar-refractivity contribution in [2.75, 3.05) is 10.2 Å². The van der Waals surface area contributed by atoms with E-state index in [4.69, 9.17) is 16.3 Å². The monoisotopic (exact) mass is 508 g/mol. The highest BCUT2D eigenvalue weighted by atomic mass is 35.5. The number of thioether (sulfide) groups is 1. The molecular weight excluding hydrogens is 488 g/mol. The SMILES string of the molecule is CC(C)OC(=O)c1ccc(N2C(=O)C(Nc3cccc(O)c3)=C(Sc3ccc(Cl)cc3)C2=O)cc1. The second-order valence-electron chi connectivity index (χ2n) is 7.88. The van der Waals surface area contributed by atoms with E-state index in [1.165, 1.54) is 36.4 Å². The molecule has 0 radical (unpaired) electrons. The molecule has 0 spiro atoms. The third kappa shape index (κ3) is 5.50. The van der Waals surface area contributed by atoms with Crippen LogP contribution in [0, 0.1) is 0 Å². The Labute approximate surface area is 211 Å². The van der Waals surface area contributed by atoms with Gasteiger partial charge in [0.15, 0.2) is 0 Å². The Morgan fingerprint density at radius 2 is 1.69 bits per heavy atom. The van der Waals surface area contributed by atoms with Gasteiger partial charge in [-0.05, 0) is 74.5 Å². The topological polar surface area (TPSA) is 95.9 Å². The summed E-state index contributed by atoms with van der Waals surface area (Å²) < 4.78 is 5.19. The summed E-state index contributed by atoms with van der Waals surface area (Å²) in [7, 11) is 0. The van der Waals surface area contributed by atoms with Gasteiger partial charge >= 0.3 is 5.97 Å². The number of ether oxygens (including phenoxy) is 1. The lowest BCUT2D eigenvalue weighted by Gasteiger charge is -2.16. The van der Waals surface area contributed by atoms with Gasteiger partial charge in [0, 0.05) is 21.7 Å². The number of imide groups is 1. The van der Waals surface area contributed by atoms with Crippen LogP contribution >= 0.6 is 23.4 Å². The summed E-state index contributed by atoms with van der Waals surface area (Å²) in [5.74, 6) is -1.56. The average molecular weight is 509 g/mol. The molecule has 9 heteroatoms. The lowest BCUT2D eigenvalue weighted by molar-refractivity contribution is -0.120. The molecule has 2 amide bonds. The van der Waals surface area contributed by atoms with Crippen LogP contribution in [0.3, 0.4) is 0 Å². The summed E-state index contributed by atoms with van der Waals surface area (Å²) in [6, 6.07) is 19.2. The number of carbonyl (C=O) groups is 3. The summed E-state index contributed by atoms with van der Waals surface area (Å²) in [6.07, 6.45) is -0.272. The quantitative estimate of drug-likeness (QED) is 0.317. The molecule has 35 heavy (non-hydrogen) atoms. The Kier molecular flexibility index (Phi) is 7.14. The van der Waals surface area contributed by atoms with Crippen molar-refractivity contribution in [3.8, 4) is 5.75 Å². The van der Waals surface area contributed by atoms with Crippen molar-refractivity contribution in [2.45, 2.75) is 24.8 Å². The average Bonchev–Trinajstić information content (AvgIpc) is 3.04. The molecule has 0 aromatic heterocycles. The van der Waals surface area contributed by atoms with Gasteiger partial charge in [0.2, 0.25) is 0 Å². The Balaban J connectivity index is 1.67. The van der Waals surface area contributed by atoms with Crippen LogP contribution in [0.2, 0.25) is 5.02 Å². The fourth-order valence-corrected chi connectivity index (χ4v) is 4.38. The van der Waals surface area contributed by atoms with Crippen LogP contribution in [0.25, 0.3) is 0 Å². The lowest BCUT2D eigenvalue weighted by Crippen LogP contribution is -2.32. The van der Waals surface area contributed by atoms with Gasteiger partial charge in [-0.1, -0.05) is 29.4 Å². The number of rotatable bonds is 7. The molecule has 0 saturated carbocycles. The van der Waals surface area contributed by atoms with Crippen LogP contribution in [-0.2, 0) is 14.3 Å². The number of amides is 2. The van der Waals surface area contributed by atoms with Gasteiger partial charge < -0.3 is 15.2 Å². The molecule has 0 fully saturated rings. The van der Waals surface area contributed by atoms with Gasteiger partial charge in [-0.3, -0.25) is 9.59 Å². The van der Waals surface area contributed by atoms with E-state index in [-0.39, 0.29) is 22.5 Å². The standard InChI is InChI=1S/C26H21ClN2O5S/c1-15(2)34-26(33)16-6-10-19(11-7-16)29-24(31)22(28-18-4-3-5-20(30)14-18)23(25(29)32)35-21-12-8-17(27)9-13-21/h3-15,28,30H,1-2H3. The predicted octanol–water partition coefficient (Wildman–Crippen LogP) is 5.60. The number of nitrogens with one attached hydrogen (secondary N) is 1. The molecule has 1 aliphatic heterocycles. The molecule has 2 N–H and O–H groups in total. The molecule has 178 valence electrons. The van der Waals surface area contributed by atoms with Crippen molar-refractivity contribution < 1.29 is 24.2 Å². The first-order valence-electron chi connectivity index (χ1n) is 10.7.